The Kier molecular flexibility index (Phi) is 5.71. The number of nitriles is 1. The number of hydrogen-bond donors (Lipinski definition) is 2. The maximum absolute atomic E-state index is 10.9. The lowest BCUT2D eigenvalue weighted by Gasteiger charge is -2.13. The summed E-state index contributed by atoms with van der Waals surface area (Å²) in [5, 5.41) is 12.6. The number of amides is 2. The van der Waals surface area contributed by atoms with E-state index >= 15 is 0 Å². The zero-order chi connectivity index (χ0) is 17.9. The van der Waals surface area contributed by atoms with Crippen molar-refractivity contribution in [3.63, 3.8) is 0 Å². The van der Waals surface area contributed by atoms with Crippen LogP contribution in [-0.4, -0.2) is 6.03 Å². The molecule has 4 nitrogen and oxygen atoms in total. The lowest BCUT2D eigenvalue weighted by atomic mass is 9.94. The van der Waals surface area contributed by atoms with Crippen molar-refractivity contribution in [1.82, 2.24) is 0 Å². The highest BCUT2D eigenvalue weighted by atomic mass is 35.5. The van der Waals surface area contributed by atoms with Crippen LogP contribution in [0, 0.1) is 17.2 Å². The zero-order valence-electron chi connectivity index (χ0n) is 13.4. The molecule has 2 rings (SSSR count). The molecule has 0 unspecified atom stereocenters. The smallest absolute Gasteiger partial charge is 0.316 e. The first-order chi connectivity index (χ1) is 11.3. The van der Waals surface area contributed by atoms with Crippen molar-refractivity contribution in [3.8, 4) is 17.2 Å². The van der Waals surface area contributed by atoms with Crippen LogP contribution in [0.3, 0.4) is 0 Å². The van der Waals surface area contributed by atoms with E-state index in [1.54, 1.807) is 18.2 Å². The molecule has 2 amide bonds. The van der Waals surface area contributed by atoms with Crippen LogP contribution < -0.4 is 11.1 Å². The van der Waals surface area contributed by atoms with Gasteiger partial charge in [-0.3, -0.25) is 0 Å². The Labute approximate surface area is 151 Å². The normalized spacial score (nSPS) is 10.5. The molecule has 0 aromatic heterocycles. The zero-order valence-corrected chi connectivity index (χ0v) is 14.9. The molecule has 2 aromatic carbocycles. The number of anilines is 1. The summed E-state index contributed by atoms with van der Waals surface area (Å²) in [6.07, 6.45) is 0.826. The number of carbonyl (C=O) groups excluding carboxylic acids is 1. The highest BCUT2D eigenvalue weighted by molar-refractivity contribution is 6.39. The molecule has 0 atom stereocenters. The van der Waals surface area contributed by atoms with Gasteiger partial charge in [-0.2, -0.15) is 5.26 Å². The highest BCUT2D eigenvalue weighted by Crippen LogP contribution is 2.38. The molecule has 3 N–H and O–H groups in total. The first kappa shape index (κ1) is 18.1. The Bertz CT molecular complexity index is 802. The fraction of sp³-hybridized carbons (Fsp3) is 0.222. The lowest BCUT2D eigenvalue weighted by Crippen LogP contribution is -2.19. The summed E-state index contributed by atoms with van der Waals surface area (Å²) in [6, 6.07) is 10.3. The SMILES string of the molecule is CC(C)Cc1ccc(-c2c(Cl)cc(NC(N)=O)cc2Cl)cc1C#N. The minimum atomic E-state index is -0.695. The fourth-order valence-electron chi connectivity index (χ4n) is 2.52. The second kappa shape index (κ2) is 7.57. The second-order valence-corrected chi connectivity index (χ2v) is 6.70. The van der Waals surface area contributed by atoms with Crippen molar-refractivity contribution in [2.45, 2.75) is 20.3 Å². The number of carbonyl (C=O) groups is 1. The third-order valence-electron chi connectivity index (χ3n) is 3.46. The van der Waals surface area contributed by atoms with Gasteiger partial charge in [0, 0.05) is 11.3 Å². The van der Waals surface area contributed by atoms with E-state index in [-0.39, 0.29) is 0 Å². The van der Waals surface area contributed by atoms with Gasteiger partial charge < -0.3 is 11.1 Å². The van der Waals surface area contributed by atoms with E-state index in [9.17, 15) is 10.1 Å². The van der Waals surface area contributed by atoms with E-state index in [0.29, 0.717) is 32.8 Å². The van der Waals surface area contributed by atoms with Crippen molar-refractivity contribution in [1.29, 1.82) is 5.26 Å². The number of halogens is 2. The van der Waals surface area contributed by atoms with E-state index in [1.165, 1.54) is 0 Å². The van der Waals surface area contributed by atoms with Crippen molar-refractivity contribution >= 4 is 34.9 Å². The van der Waals surface area contributed by atoms with Gasteiger partial charge in [0.05, 0.1) is 21.7 Å². The van der Waals surface area contributed by atoms with Gasteiger partial charge in [-0.15, -0.1) is 0 Å². The predicted molar refractivity (Wildman–Crippen MR) is 98.4 cm³/mol. The fourth-order valence-corrected chi connectivity index (χ4v) is 3.22. The number of rotatable bonds is 4. The largest absolute Gasteiger partial charge is 0.351 e. The quantitative estimate of drug-likeness (QED) is 0.782. The Morgan fingerprint density at radius 3 is 2.38 bits per heavy atom. The molecule has 124 valence electrons. The Hall–Kier alpha value is -2.22. The summed E-state index contributed by atoms with van der Waals surface area (Å²) in [6.45, 7) is 4.21. The highest BCUT2D eigenvalue weighted by Gasteiger charge is 2.14. The number of urea groups is 1. The Morgan fingerprint density at radius 1 is 1.25 bits per heavy atom. The monoisotopic (exact) mass is 361 g/mol. The Morgan fingerprint density at radius 2 is 1.88 bits per heavy atom. The van der Waals surface area contributed by atoms with Gasteiger partial charge in [-0.05, 0) is 41.7 Å². The van der Waals surface area contributed by atoms with Gasteiger partial charge in [0.25, 0.3) is 0 Å². The molecular formula is C18H17Cl2N3O. The summed E-state index contributed by atoms with van der Waals surface area (Å²) >= 11 is 12.6. The molecule has 0 aliphatic rings. The van der Waals surface area contributed by atoms with E-state index in [0.717, 1.165) is 17.5 Å². The third kappa shape index (κ3) is 4.19. The van der Waals surface area contributed by atoms with Crippen molar-refractivity contribution < 1.29 is 4.79 Å². The van der Waals surface area contributed by atoms with E-state index in [2.05, 4.69) is 25.2 Å². The van der Waals surface area contributed by atoms with E-state index in [1.807, 2.05) is 12.1 Å². The van der Waals surface area contributed by atoms with Crippen molar-refractivity contribution in [3.05, 3.63) is 51.5 Å². The van der Waals surface area contributed by atoms with Crippen LogP contribution >= 0.6 is 23.2 Å². The van der Waals surface area contributed by atoms with Crippen LogP contribution in [0.4, 0.5) is 10.5 Å². The molecule has 6 heteroatoms. The van der Waals surface area contributed by atoms with Crippen LogP contribution in [0.5, 0.6) is 0 Å². The lowest BCUT2D eigenvalue weighted by molar-refractivity contribution is 0.259. The van der Waals surface area contributed by atoms with Crippen molar-refractivity contribution in [2.75, 3.05) is 5.32 Å². The third-order valence-corrected chi connectivity index (χ3v) is 4.05. The summed E-state index contributed by atoms with van der Waals surface area (Å²) in [4.78, 5) is 10.9. The van der Waals surface area contributed by atoms with Gasteiger partial charge in [-0.1, -0.05) is 49.2 Å². The van der Waals surface area contributed by atoms with Gasteiger partial charge in [0.1, 0.15) is 0 Å². The standard InChI is InChI=1S/C18H17Cl2N3O/c1-10(2)5-11-3-4-12(6-13(11)9-21)17-15(19)7-14(8-16(17)20)23-18(22)24/h3-4,6-8,10H,5H2,1-2H3,(H3,22,23,24). The molecule has 0 heterocycles. The molecule has 0 radical (unpaired) electrons. The summed E-state index contributed by atoms with van der Waals surface area (Å²) in [5.41, 5.74) is 8.47. The van der Waals surface area contributed by atoms with Crippen LogP contribution in [0.25, 0.3) is 11.1 Å². The first-order valence-corrected chi connectivity index (χ1v) is 8.16. The van der Waals surface area contributed by atoms with Crippen LogP contribution in [0.1, 0.15) is 25.0 Å². The summed E-state index contributed by atoms with van der Waals surface area (Å²) in [5.74, 6) is 0.453. The van der Waals surface area contributed by atoms with Crippen LogP contribution in [0.2, 0.25) is 10.0 Å². The number of nitrogens with two attached hydrogens (primary N) is 1. The number of nitrogens with zero attached hydrogens (tertiary/aromatic N) is 1. The number of nitrogens with one attached hydrogen (secondary N) is 1. The van der Waals surface area contributed by atoms with Crippen LogP contribution in [0.15, 0.2) is 30.3 Å². The molecule has 2 aromatic rings. The minimum Gasteiger partial charge on any atom is -0.351 e. The topological polar surface area (TPSA) is 78.9 Å². The maximum Gasteiger partial charge on any atom is 0.316 e. The molecule has 24 heavy (non-hydrogen) atoms. The van der Waals surface area contributed by atoms with Crippen molar-refractivity contribution in [2.24, 2.45) is 11.7 Å². The molecule has 0 saturated heterocycles. The molecule has 0 aliphatic heterocycles. The summed E-state index contributed by atoms with van der Waals surface area (Å²) in [7, 11) is 0. The average molecular weight is 362 g/mol. The molecule has 0 spiro atoms. The van der Waals surface area contributed by atoms with Gasteiger partial charge >= 0.3 is 6.03 Å². The first-order valence-electron chi connectivity index (χ1n) is 7.40. The molecule has 0 fully saturated rings. The average Bonchev–Trinajstić information content (AvgIpc) is 2.46. The van der Waals surface area contributed by atoms with E-state index < -0.39 is 6.03 Å². The maximum atomic E-state index is 10.9. The minimum absolute atomic E-state index is 0.367. The Balaban J connectivity index is 2.49. The van der Waals surface area contributed by atoms with Gasteiger partial charge in [0.2, 0.25) is 0 Å². The number of hydrogen-bond acceptors (Lipinski definition) is 2. The van der Waals surface area contributed by atoms with Gasteiger partial charge in [0.15, 0.2) is 0 Å². The second-order valence-electron chi connectivity index (χ2n) is 5.89. The predicted octanol–water partition coefficient (Wildman–Crippen LogP) is 5.22. The molecular weight excluding hydrogens is 345 g/mol. The van der Waals surface area contributed by atoms with Gasteiger partial charge in [-0.25, -0.2) is 4.79 Å². The van der Waals surface area contributed by atoms with E-state index in [4.69, 9.17) is 28.9 Å². The van der Waals surface area contributed by atoms with Crippen LogP contribution in [-0.2, 0) is 6.42 Å². The number of benzene rings is 2. The number of primary amides is 1. The molecule has 0 bridgehead atoms. The molecule has 0 saturated carbocycles. The molecule has 0 aliphatic carbocycles. The summed E-state index contributed by atoms with van der Waals surface area (Å²) < 4.78 is 0.